The second kappa shape index (κ2) is 11.9. The largest absolute Gasteiger partial charge is 0.464 e. The lowest BCUT2D eigenvalue weighted by molar-refractivity contribution is -0.144. The molecule has 0 amide bonds. The van der Waals surface area contributed by atoms with Gasteiger partial charge in [0.1, 0.15) is 11.1 Å². The quantitative estimate of drug-likeness (QED) is 0.315. The molecule has 0 radical (unpaired) electrons. The summed E-state index contributed by atoms with van der Waals surface area (Å²) in [4.78, 5) is 40.2. The summed E-state index contributed by atoms with van der Waals surface area (Å²) < 4.78 is 5.44. The number of pyridine rings is 2. The summed E-state index contributed by atoms with van der Waals surface area (Å²) in [5, 5.41) is 5.44. The number of fused-ring (bicyclic) bond motifs is 1. The van der Waals surface area contributed by atoms with Gasteiger partial charge in [-0.15, -0.1) is 11.8 Å². The molecule has 2 fully saturated rings. The Labute approximate surface area is 234 Å². The van der Waals surface area contributed by atoms with Crippen LogP contribution in [-0.2, 0) is 20.7 Å². The van der Waals surface area contributed by atoms with Crippen LogP contribution in [0.1, 0.15) is 58.4 Å². The lowest BCUT2D eigenvalue weighted by Crippen LogP contribution is -2.62. The first kappa shape index (κ1) is 27.3. The number of hydrogen-bond acceptors (Lipinski definition) is 8. The summed E-state index contributed by atoms with van der Waals surface area (Å²) >= 11 is 1.65. The van der Waals surface area contributed by atoms with Crippen molar-refractivity contribution >= 4 is 51.5 Å². The molecule has 1 aromatic carbocycles. The molecule has 8 heteroatoms. The number of aliphatic imine (C=N–C) groups is 1. The van der Waals surface area contributed by atoms with Crippen molar-refractivity contribution in [2.45, 2.75) is 75.8 Å². The van der Waals surface area contributed by atoms with Crippen molar-refractivity contribution in [2.75, 3.05) is 11.9 Å². The first-order valence-corrected chi connectivity index (χ1v) is 14.8. The number of benzene rings is 1. The monoisotopic (exact) mass is 544 g/mol. The molecule has 2 aliphatic carbocycles. The number of hydrogen-bond donors (Lipinski definition) is 1. The molecule has 2 saturated carbocycles. The van der Waals surface area contributed by atoms with E-state index in [2.05, 4.69) is 29.1 Å². The van der Waals surface area contributed by atoms with Crippen molar-refractivity contribution in [1.29, 1.82) is 0 Å². The van der Waals surface area contributed by atoms with Crippen LogP contribution in [0.2, 0.25) is 0 Å². The lowest BCUT2D eigenvalue weighted by atomic mass is 9.58. The fourth-order valence-electron chi connectivity index (χ4n) is 5.70. The number of ketones is 1. The van der Waals surface area contributed by atoms with E-state index < -0.39 is 11.5 Å². The minimum absolute atomic E-state index is 0.255. The van der Waals surface area contributed by atoms with Crippen LogP contribution >= 0.6 is 11.8 Å². The van der Waals surface area contributed by atoms with Gasteiger partial charge in [0.25, 0.3) is 0 Å². The molecular weight excluding hydrogens is 508 g/mol. The maximum absolute atomic E-state index is 13.4. The van der Waals surface area contributed by atoms with Gasteiger partial charge >= 0.3 is 5.97 Å². The zero-order valence-corrected chi connectivity index (χ0v) is 23.7. The van der Waals surface area contributed by atoms with Gasteiger partial charge in [0.2, 0.25) is 0 Å². The first-order chi connectivity index (χ1) is 18.9. The minimum Gasteiger partial charge on any atom is -0.464 e. The topological polar surface area (TPSA) is 93.5 Å². The van der Waals surface area contributed by atoms with E-state index in [9.17, 15) is 9.59 Å². The van der Waals surface area contributed by atoms with Gasteiger partial charge in [-0.3, -0.25) is 14.8 Å². The van der Waals surface area contributed by atoms with E-state index in [4.69, 9.17) is 9.73 Å². The van der Waals surface area contributed by atoms with Crippen molar-refractivity contribution in [2.24, 2.45) is 10.4 Å². The fourth-order valence-corrected chi connectivity index (χ4v) is 7.01. The minimum atomic E-state index is -0.674. The Hall–Kier alpha value is -3.26. The van der Waals surface area contributed by atoms with Gasteiger partial charge in [0.05, 0.1) is 12.0 Å². The van der Waals surface area contributed by atoms with Gasteiger partial charge in [-0.05, 0) is 55.0 Å². The average Bonchev–Trinajstić information content (AvgIpc) is 2.95. The van der Waals surface area contributed by atoms with E-state index >= 15 is 0 Å². The Balaban J connectivity index is 1.38. The van der Waals surface area contributed by atoms with E-state index in [1.165, 1.54) is 0 Å². The van der Waals surface area contributed by atoms with Crippen molar-refractivity contribution < 1.29 is 14.3 Å². The normalized spacial score (nSPS) is 20.3. The van der Waals surface area contributed by atoms with Gasteiger partial charge in [0.15, 0.2) is 11.8 Å². The molecule has 39 heavy (non-hydrogen) atoms. The van der Waals surface area contributed by atoms with Gasteiger partial charge in [-0.25, -0.2) is 9.78 Å². The van der Waals surface area contributed by atoms with Crippen molar-refractivity contribution in [1.82, 2.24) is 9.97 Å². The maximum Gasteiger partial charge on any atom is 0.331 e. The first-order valence-electron chi connectivity index (χ1n) is 13.9. The third kappa shape index (κ3) is 5.71. The summed E-state index contributed by atoms with van der Waals surface area (Å²) in [7, 11) is 0. The van der Waals surface area contributed by atoms with Crippen LogP contribution in [0.4, 0.5) is 11.5 Å². The molecule has 1 N–H and O–H groups in total. The standard InChI is InChI=1S/C31H36N4O3S/c1-4-38-30(37)25(35-27-26(39-20(2)3)28(36)31(27)14-6-5-7-15-31)18-21-8-10-23(11-9-21)34-29-24-19-32-16-12-22(24)13-17-33-29/h8-13,16-17,19-20,25-26H,4-7,14-15,18H2,1-3H3,(H,33,34)/t25-,26?/m0/s1. The number of nitrogens with one attached hydrogen (secondary N) is 1. The van der Waals surface area contributed by atoms with E-state index in [1.807, 2.05) is 43.3 Å². The zero-order chi connectivity index (χ0) is 27.4. The molecule has 2 heterocycles. The molecule has 2 aromatic heterocycles. The van der Waals surface area contributed by atoms with Crippen LogP contribution in [-0.4, -0.2) is 50.6 Å². The summed E-state index contributed by atoms with van der Waals surface area (Å²) in [5.74, 6) is 0.707. The van der Waals surface area contributed by atoms with Crippen LogP contribution in [0, 0.1) is 5.41 Å². The van der Waals surface area contributed by atoms with Crippen LogP contribution in [0.5, 0.6) is 0 Å². The highest BCUT2D eigenvalue weighted by Gasteiger charge is 2.59. The lowest BCUT2D eigenvalue weighted by Gasteiger charge is -2.50. The number of ether oxygens (including phenoxy) is 1. The van der Waals surface area contributed by atoms with E-state index in [0.29, 0.717) is 24.1 Å². The molecular formula is C31H36N4O3S. The smallest absolute Gasteiger partial charge is 0.331 e. The highest BCUT2D eigenvalue weighted by Crippen LogP contribution is 2.51. The molecule has 2 aliphatic rings. The molecule has 2 atom stereocenters. The fraction of sp³-hybridized carbons (Fsp3) is 0.452. The van der Waals surface area contributed by atoms with E-state index in [0.717, 1.165) is 65.7 Å². The number of aromatic nitrogens is 2. The van der Waals surface area contributed by atoms with E-state index in [1.54, 1.807) is 30.4 Å². The van der Waals surface area contributed by atoms with Crippen molar-refractivity contribution in [3.05, 3.63) is 60.6 Å². The van der Waals surface area contributed by atoms with Gasteiger partial charge in [0, 0.05) is 47.0 Å². The summed E-state index contributed by atoms with van der Waals surface area (Å²) in [5.41, 5.74) is 2.30. The number of Topliss-reactive ketones (excluding diaryl/α,β-unsaturated/α-hetero) is 1. The van der Waals surface area contributed by atoms with Crippen LogP contribution in [0.3, 0.4) is 0 Å². The highest BCUT2D eigenvalue weighted by molar-refractivity contribution is 8.02. The Bertz CT molecular complexity index is 1360. The summed E-state index contributed by atoms with van der Waals surface area (Å²) in [6, 6.07) is 11.2. The predicted octanol–water partition coefficient (Wildman–Crippen LogP) is 6.33. The molecule has 3 aromatic rings. The molecule has 0 saturated heterocycles. The third-order valence-corrected chi connectivity index (χ3v) is 8.88. The average molecular weight is 545 g/mol. The van der Waals surface area contributed by atoms with Crippen molar-refractivity contribution in [3.63, 3.8) is 0 Å². The van der Waals surface area contributed by atoms with Crippen LogP contribution in [0.25, 0.3) is 10.8 Å². The van der Waals surface area contributed by atoms with Crippen LogP contribution in [0.15, 0.2) is 60.0 Å². The zero-order valence-electron chi connectivity index (χ0n) is 22.9. The molecule has 5 rings (SSSR count). The second-order valence-corrected chi connectivity index (χ2v) is 12.3. The number of thioether (sulfide) groups is 1. The molecule has 0 aliphatic heterocycles. The molecule has 1 unspecified atom stereocenters. The predicted molar refractivity (Wildman–Crippen MR) is 158 cm³/mol. The van der Waals surface area contributed by atoms with Crippen LogP contribution < -0.4 is 5.32 Å². The molecule has 7 nitrogen and oxygen atoms in total. The molecule has 204 valence electrons. The highest BCUT2D eigenvalue weighted by atomic mass is 32.2. The second-order valence-electron chi connectivity index (χ2n) is 10.6. The van der Waals surface area contributed by atoms with Gasteiger partial charge in [-0.1, -0.05) is 45.2 Å². The number of rotatable bonds is 9. The summed E-state index contributed by atoms with van der Waals surface area (Å²) in [6.07, 6.45) is 10.7. The SMILES string of the molecule is CCOC(=O)[C@H](Cc1ccc(Nc2nccc3ccncc23)cc1)N=C1C(SC(C)C)C(=O)C12CCCCC2. The Kier molecular flexibility index (Phi) is 8.31. The Morgan fingerprint density at radius 1 is 1.13 bits per heavy atom. The third-order valence-electron chi connectivity index (χ3n) is 7.63. The molecule has 0 bridgehead atoms. The number of esters is 1. The Morgan fingerprint density at radius 2 is 1.87 bits per heavy atom. The number of anilines is 2. The van der Waals surface area contributed by atoms with Gasteiger partial charge in [-0.2, -0.15) is 0 Å². The van der Waals surface area contributed by atoms with E-state index in [-0.39, 0.29) is 11.2 Å². The van der Waals surface area contributed by atoms with Crippen molar-refractivity contribution in [3.8, 4) is 0 Å². The van der Waals surface area contributed by atoms with Gasteiger partial charge < -0.3 is 10.1 Å². The number of nitrogens with zero attached hydrogens (tertiary/aromatic N) is 3. The summed E-state index contributed by atoms with van der Waals surface area (Å²) in [6.45, 7) is 6.31. The number of carbonyl (C=O) groups is 2. The molecule has 1 spiro atoms. The number of carbonyl (C=O) groups excluding carboxylic acids is 2. The Morgan fingerprint density at radius 3 is 2.59 bits per heavy atom. The maximum atomic E-state index is 13.4.